The number of amides is 1. The second kappa shape index (κ2) is 5.91. The lowest BCUT2D eigenvalue weighted by Gasteiger charge is -2.04. The molecule has 20 heavy (non-hydrogen) atoms. The van der Waals surface area contributed by atoms with Crippen molar-refractivity contribution >= 4 is 11.9 Å². The standard InChI is InChI=1S/C12H11FN4O3/c13-9-3-1-2-8(6-9)11(18)14-4-5-17-7-10(12(19)20)15-16-17/h1-3,6-7H,4-5H2,(H,14,18)(H,19,20). The van der Waals surface area contributed by atoms with Crippen LogP contribution in [0, 0.1) is 5.82 Å². The van der Waals surface area contributed by atoms with Gasteiger partial charge < -0.3 is 10.4 Å². The third-order valence-electron chi connectivity index (χ3n) is 2.47. The van der Waals surface area contributed by atoms with E-state index in [0.717, 1.165) is 6.07 Å². The summed E-state index contributed by atoms with van der Waals surface area (Å²) < 4.78 is 14.2. The molecule has 1 amide bonds. The average Bonchev–Trinajstić information content (AvgIpc) is 2.87. The fourth-order valence-corrected chi connectivity index (χ4v) is 1.52. The largest absolute Gasteiger partial charge is 0.476 e. The van der Waals surface area contributed by atoms with Crippen LogP contribution in [-0.4, -0.2) is 38.5 Å². The van der Waals surface area contributed by atoms with E-state index in [4.69, 9.17) is 5.11 Å². The summed E-state index contributed by atoms with van der Waals surface area (Å²) in [6, 6.07) is 5.32. The predicted molar refractivity (Wildman–Crippen MR) is 65.7 cm³/mol. The van der Waals surface area contributed by atoms with Gasteiger partial charge in [-0.15, -0.1) is 5.10 Å². The molecule has 2 N–H and O–H groups in total. The van der Waals surface area contributed by atoms with E-state index >= 15 is 0 Å². The Morgan fingerprint density at radius 1 is 1.40 bits per heavy atom. The van der Waals surface area contributed by atoms with Crippen LogP contribution in [0.1, 0.15) is 20.8 Å². The third-order valence-corrected chi connectivity index (χ3v) is 2.47. The first-order valence-corrected chi connectivity index (χ1v) is 5.73. The number of hydrogen-bond acceptors (Lipinski definition) is 4. The van der Waals surface area contributed by atoms with Gasteiger partial charge in [0.05, 0.1) is 12.7 Å². The summed E-state index contributed by atoms with van der Waals surface area (Å²) in [5.74, 6) is -2.07. The monoisotopic (exact) mass is 278 g/mol. The molecule has 0 bridgehead atoms. The van der Waals surface area contributed by atoms with Crippen LogP contribution < -0.4 is 5.32 Å². The molecule has 0 radical (unpaired) electrons. The van der Waals surface area contributed by atoms with Crippen molar-refractivity contribution in [3.8, 4) is 0 Å². The van der Waals surface area contributed by atoms with Crippen LogP contribution >= 0.6 is 0 Å². The molecule has 0 fully saturated rings. The van der Waals surface area contributed by atoms with E-state index in [-0.39, 0.29) is 24.3 Å². The topological polar surface area (TPSA) is 97.1 Å². The first-order valence-electron chi connectivity index (χ1n) is 5.73. The molecular weight excluding hydrogens is 267 g/mol. The SMILES string of the molecule is O=C(NCCn1cc(C(=O)O)nn1)c1cccc(F)c1. The molecule has 1 aromatic carbocycles. The molecule has 0 atom stereocenters. The third kappa shape index (κ3) is 3.37. The van der Waals surface area contributed by atoms with E-state index in [0.29, 0.717) is 0 Å². The molecule has 8 heteroatoms. The molecular formula is C12H11FN4O3. The van der Waals surface area contributed by atoms with Gasteiger partial charge >= 0.3 is 5.97 Å². The first-order chi connectivity index (χ1) is 9.56. The normalized spacial score (nSPS) is 10.2. The molecule has 0 saturated carbocycles. The lowest BCUT2D eigenvalue weighted by atomic mass is 10.2. The summed E-state index contributed by atoms with van der Waals surface area (Å²) in [6.07, 6.45) is 1.26. The minimum absolute atomic E-state index is 0.165. The Morgan fingerprint density at radius 3 is 2.85 bits per heavy atom. The Balaban J connectivity index is 1.86. The van der Waals surface area contributed by atoms with E-state index in [1.807, 2.05) is 0 Å². The van der Waals surface area contributed by atoms with Crippen LogP contribution in [0.4, 0.5) is 4.39 Å². The number of nitrogens with zero attached hydrogens (tertiary/aromatic N) is 3. The number of carbonyl (C=O) groups excluding carboxylic acids is 1. The van der Waals surface area contributed by atoms with Gasteiger partial charge in [0.2, 0.25) is 0 Å². The molecule has 0 aliphatic rings. The molecule has 0 spiro atoms. The van der Waals surface area contributed by atoms with Crippen molar-refractivity contribution in [1.82, 2.24) is 20.3 Å². The van der Waals surface area contributed by atoms with Crippen LogP contribution in [0.15, 0.2) is 30.5 Å². The van der Waals surface area contributed by atoms with E-state index in [1.165, 1.54) is 29.1 Å². The number of aromatic carboxylic acids is 1. The number of carboxylic acids is 1. The molecule has 104 valence electrons. The van der Waals surface area contributed by atoms with E-state index in [1.54, 1.807) is 0 Å². The highest BCUT2D eigenvalue weighted by Gasteiger charge is 2.09. The highest BCUT2D eigenvalue weighted by molar-refractivity contribution is 5.94. The molecule has 1 heterocycles. The quantitative estimate of drug-likeness (QED) is 0.832. The summed E-state index contributed by atoms with van der Waals surface area (Å²) in [5, 5.41) is 18.3. The van der Waals surface area contributed by atoms with Crippen molar-refractivity contribution in [3.63, 3.8) is 0 Å². The van der Waals surface area contributed by atoms with Crippen LogP contribution in [0.5, 0.6) is 0 Å². The maximum atomic E-state index is 12.9. The lowest BCUT2D eigenvalue weighted by Crippen LogP contribution is -2.27. The van der Waals surface area contributed by atoms with Gasteiger partial charge in [0.1, 0.15) is 5.82 Å². The Bertz CT molecular complexity index is 641. The molecule has 7 nitrogen and oxygen atoms in total. The van der Waals surface area contributed by atoms with Gasteiger partial charge in [-0.25, -0.2) is 13.9 Å². The average molecular weight is 278 g/mol. The number of carbonyl (C=O) groups is 2. The van der Waals surface area contributed by atoms with Gasteiger partial charge in [-0.2, -0.15) is 0 Å². The summed E-state index contributed by atoms with van der Waals surface area (Å²) in [7, 11) is 0. The number of hydrogen-bond donors (Lipinski definition) is 2. The summed E-state index contributed by atoms with van der Waals surface area (Å²) in [5.41, 5.74) is 0.0521. The number of aromatic nitrogens is 3. The van der Waals surface area contributed by atoms with Gasteiger partial charge in [-0.3, -0.25) is 4.79 Å². The molecule has 0 aliphatic heterocycles. The Labute approximate surface area is 113 Å². The minimum atomic E-state index is -1.17. The van der Waals surface area contributed by atoms with Gasteiger partial charge in [0, 0.05) is 12.1 Å². The van der Waals surface area contributed by atoms with Crippen molar-refractivity contribution in [1.29, 1.82) is 0 Å². The maximum absolute atomic E-state index is 12.9. The fraction of sp³-hybridized carbons (Fsp3) is 0.167. The van der Waals surface area contributed by atoms with Crippen LogP contribution in [0.3, 0.4) is 0 Å². The lowest BCUT2D eigenvalue weighted by molar-refractivity contribution is 0.0690. The van der Waals surface area contributed by atoms with Crippen LogP contribution in [-0.2, 0) is 6.54 Å². The zero-order valence-electron chi connectivity index (χ0n) is 10.3. The molecule has 2 rings (SSSR count). The maximum Gasteiger partial charge on any atom is 0.358 e. The van der Waals surface area contributed by atoms with Gasteiger partial charge in [0.15, 0.2) is 5.69 Å². The highest BCUT2D eigenvalue weighted by atomic mass is 19.1. The van der Waals surface area contributed by atoms with Crippen LogP contribution in [0.25, 0.3) is 0 Å². The minimum Gasteiger partial charge on any atom is -0.476 e. The van der Waals surface area contributed by atoms with E-state index < -0.39 is 17.7 Å². The predicted octanol–water partition coefficient (Wildman–Crippen LogP) is 0.545. The van der Waals surface area contributed by atoms with Crippen molar-refractivity contribution in [2.45, 2.75) is 6.54 Å². The van der Waals surface area contributed by atoms with E-state index in [9.17, 15) is 14.0 Å². The fourth-order valence-electron chi connectivity index (χ4n) is 1.52. The molecule has 1 aromatic heterocycles. The highest BCUT2D eigenvalue weighted by Crippen LogP contribution is 2.02. The zero-order valence-corrected chi connectivity index (χ0v) is 10.3. The Hall–Kier alpha value is -2.77. The summed E-state index contributed by atoms with van der Waals surface area (Å²) in [4.78, 5) is 22.3. The molecule has 2 aromatic rings. The molecule has 0 saturated heterocycles. The number of nitrogens with one attached hydrogen (secondary N) is 1. The number of rotatable bonds is 5. The van der Waals surface area contributed by atoms with Crippen molar-refractivity contribution in [2.24, 2.45) is 0 Å². The van der Waals surface area contributed by atoms with Crippen molar-refractivity contribution in [2.75, 3.05) is 6.54 Å². The number of halogens is 1. The second-order valence-electron chi connectivity index (χ2n) is 3.94. The van der Waals surface area contributed by atoms with Crippen molar-refractivity contribution < 1.29 is 19.1 Å². The molecule has 0 unspecified atom stereocenters. The summed E-state index contributed by atoms with van der Waals surface area (Å²) in [6.45, 7) is 0.485. The number of benzene rings is 1. The van der Waals surface area contributed by atoms with Gasteiger partial charge in [0.25, 0.3) is 5.91 Å². The van der Waals surface area contributed by atoms with Gasteiger partial charge in [-0.05, 0) is 18.2 Å². The Morgan fingerprint density at radius 2 is 2.20 bits per heavy atom. The van der Waals surface area contributed by atoms with Crippen LogP contribution in [0.2, 0.25) is 0 Å². The van der Waals surface area contributed by atoms with E-state index in [2.05, 4.69) is 15.6 Å². The second-order valence-corrected chi connectivity index (χ2v) is 3.94. The number of carboxylic acid groups (broad SMARTS) is 1. The Kier molecular flexibility index (Phi) is 4.04. The summed E-state index contributed by atoms with van der Waals surface area (Å²) >= 11 is 0. The first kappa shape index (κ1) is 13.7. The molecule has 0 aliphatic carbocycles. The van der Waals surface area contributed by atoms with Gasteiger partial charge in [-0.1, -0.05) is 11.3 Å². The smallest absolute Gasteiger partial charge is 0.358 e. The zero-order chi connectivity index (χ0) is 14.5. The van der Waals surface area contributed by atoms with Crippen molar-refractivity contribution in [3.05, 3.63) is 47.5 Å².